The summed E-state index contributed by atoms with van der Waals surface area (Å²) >= 11 is 0. The van der Waals surface area contributed by atoms with Gasteiger partial charge in [0.05, 0.1) is 7.11 Å². The Morgan fingerprint density at radius 2 is 1.84 bits per heavy atom. The van der Waals surface area contributed by atoms with Crippen molar-refractivity contribution in [1.29, 1.82) is 0 Å². The minimum atomic E-state index is -0.0972. The molecule has 0 spiro atoms. The van der Waals surface area contributed by atoms with E-state index in [9.17, 15) is 9.59 Å². The maximum Gasteiger partial charge on any atom is 0.270 e. The van der Waals surface area contributed by atoms with Crippen LogP contribution in [0.2, 0.25) is 0 Å². The van der Waals surface area contributed by atoms with E-state index in [1.165, 1.54) is 0 Å². The lowest BCUT2D eigenvalue weighted by molar-refractivity contribution is -0.126. The first-order chi connectivity index (χ1) is 15.1. The van der Waals surface area contributed by atoms with E-state index in [2.05, 4.69) is 10.3 Å². The summed E-state index contributed by atoms with van der Waals surface area (Å²) in [5, 5.41) is 4.08. The van der Waals surface area contributed by atoms with Crippen molar-refractivity contribution >= 4 is 22.7 Å². The number of para-hydroxylation sites is 2. The Morgan fingerprint density at radius 1 is 1.13 bits per heavy atom. The average Bonchev–Trinajstić information content (AvgIpc) is 3.26. The van der Waals surface area contributed by atoms with Crippen LogP contribution in [0.15, 0.2) is 54.6 Å². The van der Waals surface area contributed by atoms with Gasteiger partial charge in [0, 0.05) is 42.0 Å². The van der Waals surface area contributed by atoms with Crippen LogP contribution in [-0.2, 0) is 11.3 Å². The van der Waals surface area contributed by atoms with Crippen LogP contribution < -0.4 is 10.1 Å². The smallest absolute Gasteiger partial charge is 0.270 e. The number of H-pyrrole nitrogens is 1. The number of fused-ring (bicyclic) bond motifs is 1. The molecule has 6 heteroatoms. The number of hydrogen-bond donors (Lipinski definition) is 2. The zero-order valence-corrected chi connectivity index (χ0v) is 18.1. The SMILES string of the molecule is COc1ccccc1CNC(=O)[C@H](C)C1CCN(C(=O)c2cc3ccccc3[nH]2)CC1. The summed E-state index contributed by atoms with van der Waals surface area (Å²) in [6, 6.07) is 17.5. The molecule has 31 heavy (non-hydrogen) atoms. The molecular weight excluding hydrogens is 390 g/mol. The number of likely N-dealkylation sites (tertiary alicyclic amines) is 1. The Labute approximate surface area is 182 Å². The van der Waals surface area contributed by atoms with Gasteiger partial charge < -0.3 is 19.9 Å². The third kappa shape index (κ3) is 4.58. The fourth-order valence-corrected chi connectivity index (χ4v) is 4.37. The van der Waals surface area contributed by atoms with Crippen molar-refractivity contribution in [3.8, 4) is 5.75 Å². The molecule has 0 radical (unpaired) electrons. The average molecular weight is 420 g/mol. The number of benzene rings is 2. The lowest BCUT2D eigenvalue weighted by atomic mass is 9.84. The second-order valence-electron chi connectivity index (χ2n) is 8.22. The zero-order valence-electron chi connectivity index (χ0n) is 18.1. The predicted octanol–water partition coefficient (Wildman–Crippen LogP) is 3.98. The van der Waals surface area contributed by atoms with Crippen molar-refractivity contribution in [3.63, 3.8) is 0 Å². The van der Waals surface area contributed by atoms with Gasteiger partial charge in [0.15, 0.2) is 0 Å². The minimum Gasteiger partial charge on any atom is -0.496 e. The van der Waals surface area contributed by atoms with E-state index in [1.54, 1.807) is 7.11 Å². The number of piperidine rings is 1. The quantitative estimate of drug-likeness (QED) is 0.635. The maximum atomic E-state index is 12.9. The highest BCUT2D eigenvalue weighted by molar-refractivity contribution is 5.98. The lowest BCUT2D eigenvalue weighted by Crippen LogP contribution is -2.42. The number of amides is 2. The van der Waals surface area contributed by atoms with E-state index in [1.807, 2.05) is 66.4 Å². The summed E-state index contributed by atoms with van der Waals surface area (Å²) in [7, 11) is 1.63. The molecule has 2 N–H and O–H groups in total. The summed E-state index contributed by atoms with van der Waals surface area (Å²) in [6.07, 6.45) is 1.66. The molecule has 3 aromatic rings. The Morgan fingerprint density at radius 3 is 2.58 bits per heavy atom. The van der Waals surface area contributed by atoms with Gasteiger partial charge in [-0.3, -0.25) is 9.59 Å². The van der Waals surface area contributed by atoms with E-state index in [4.69, 9.17) is 4.74 Å². The molecule has 0 saturated carbocycles. The number of hydrogen-bond acceptors (Lipinski definition) is 3. The summed E-state index contributed by atoms with van der Waals surface area (Å²) in [5.74, 6) is 1.03. The van der Waals surface area contributed by atoms with Gasteiger partial charge in [-0.15, -0.1) is 0 Å². The minimum absolute atomic E-state index is 0.0305. The lowest BCUT2D eigenvalue weighted by Gasteiger charge is -2.34. The first-order valence-electron chi connectivity index (χ1n) is 10.8. The number of ether oxygens (including phenoxy) is 1. The van der Waals surface area contributed by atoms with Crippen molar-refractivity contribution in [2.75, 3.05) is 20.2 Å². The molecule has 0 aliphatic carbocycles. The Bertz CT molecular complexity index is 1030. The van der Waals surface area contributed by atoms with Crippen LogP contribution in [0.1, 0.15) is 35.8 Å². The number of nitrogens with zero attached hydrogens (tertiary/aromatic N) is 1. The number of carbonyl (C=O) groups is 2. The normalized spacial score (nSPS) is 15.6. The van der Waals surface area contributed by atoms with Crippen LogP contribution in [-0.4, -0.2) is 41.9 Å². The first kappa shape index (κ1) is 21.0. The number of aromatic nitrogens is 1. The molecule has 1 atom stereocenters. The zero-order chi connectivity index (χ0) is 21.8. The maximum absolute atomic E-state index is 12.9. The number of methoxy groups -OCH3 is 1. The third-order valence-corrected chi connectivity index (χ3v) is 6.35. The fourth-order valence-electron chi connectivity index (χ4n) is 4.37. The molecule has 4 rings (SSSR count). The highest BCUT2D eigenvalue weighted by Crippen LogP contribution is 2.27. The topological polar surface area (TPSA) is 74.4 Å². The van der Waals surface area contributed by atoms with Crippen LogP contribution in [0.5, 0.6) is 5.75 Å². The summed E-state index contributed by atoms with van der Waals surface area (Å²) in [5.41, 5.74) is 2.56. The molecule has 0 bridgehead atoms. The van der Waals surface area contributed by atoms with Crippen LogP contribution in [0.4, 0.5) is 0 Å². The third-order valence-electron chi connectivity index (χ3n) is 6.35. The highest BCUT2D eigenvalue weighted by atomic mass is 16.5. The number of nitrogens with one attached hydrogen (secondary N) is 2. The number of carbonyl (C=O) groups excluding carboxylic acids is 2. The van der Waals surface area contributed by atoms with Crippen molar-refractivity contribution in [3.05, 3.63) is 65.9 Å². The number of aromatic amines is 1. The highest BCUT2D eigenvalue weighted by Gasteiger charge is 2.30. The Kier molecular flexibility index (Phi) is 6.26. The summed E-state index contributed by atoms with van der Waals surface area (Å²) in [4.78, 5) is 30.7. The van der Waals surface area contributed by atoms with Crippen molar-refractivity contribution in [2.24, 2.45) is 11.8 Å². The second-order valence-corrected chi connectivity index (χ2v) is 8.22. The van der Waals surface area contributed by atoms with Crippen LogP contribution >= 0.6 is 0 Å². The van der Waals surface area contributed by atoms with Gasteiger partial charge in [-0.05, 0) is 37.0 Å². The molecule has 1 aromatic heterocycles. The summed E-state index contributed by atoms with van der Waals surface area (Å²) < 4.78 is 5.35. The molecule has 1 aliphatic heterocycles. The standard InChI is InChI=1S/C25H29N3O3/c1-17(24(29)26-16-20-8-4-6-10-23(20)31-2)18-11-13-28(14-12-18)25(30)22-15-19-7-3-5-9-21(19)27-22/h3-10,15,17-18,27H,11-14,16H2,1-2H3,(H,26,29)/t17-/m1/s1. The fraction of sp³-hybridized carbons (Fsp3) is 0.360. The monoisotopic (exact) mass is 419 g/mol. The van der Waals surface area contributed by atoms with Gasteiger partial charge in [0.1, 0.15) is 11.4 Å². The second kappa shape index (κ2) is 9.25. The molecule has 1 saturated heterocycles. The van der Waals surface area contributed by atoms with E-state index >= 15 is 0 Å². The van der Waals surface area contributed by atoms with Crippen molar-refractivity contribution in [1.82, 2.24) is 15.2 Å². The van der Waals surface area contributed by atoms with Crippen molar-refractivity contribution < 1.29 is 14.3 Å². The van der Waals surface area contributed by atoms with Gasteiger partial charge in [0.2, 0.25) is 5.91 Å². The van der Waals surface area contributed by atoms with Gasteiger partial charge >= 0.3 is 0 Å². The molecule has 1 fully saturated rings. The van der Waals surface area contributed by atoms with E-state index in [0.717, 1.165) is 35.1 Å². The van der Waals surface area contributed by atoms with Crippen LogP contribution in [0.25, 0.3) is 10.9 Å². The molecule has 2 aromatic carbocycles. The van der Waals surface area contributed by atoms with Gasteiger partial charge in [-0.1, -0.05) is 43.3 Å². The van der Waals surface area contributed by atoms with Crippen LogP contribution in [0.3, 0.4) is 0 Å². The molecule has 162 valence electrons. The first-order valence-corrected chi connectivity index (χ1v) is 10.8. The molecule has 0 unspecified atom stereocenters. The van der Waals surface area contributed by atoms with E-state index in [-0.39, 0.29) is 23.7 Å². The Balaban J connectivity index is 1.30. The van der Waals surface area contributed by atoms with Gasteiger partial charge in [-0.2, -0.15) is 0 Å². The molecular formula is C25H29N3O3. The van der Waals surface area contributed by atoms with Gasteiger partial charge in [0.25, 0.3) is 5.91 Å². The molecule has 2 heterocycles. The van der Waals surface area contributed by atoms with E-state index in [0.29, 0.717) is 25.3 Å². The number of rotatable bonds is 6. The van der Waals surface area contributed by atoms with E-state index < -0.39 is 0 Å². The molecule has 2 amide bonds. The molecule has 1 aliphatic rings. The molecule has 6 nitrogen and oxygen atoms in total. The van der Waals surface area contributed by atoms with Crippen molar-refractivity contribution in [2.45, 2.75) is 26.3 Å². The van der Waals surface area contributed by atoms with Gasteiger partial charge in [-0.25, -0.2) is 0 Å². The summed E-state index contributed by atoms with van der Waals surface area (Å²) in [6.45, 7) is 3.77. The predicted molar refractivity (Wildman–Crippen MR) is 121 cm³/mol. The van der Waals surface area contributed by atoms with Crippen LogP contribution in [0, 0.1) is 11.8 Å². The largest absolute Gasteiger partial charge is 0.496 e. The Hall–Kier alpha value is -3.28.